The lowest BCUT2D eigenvalue weighted by Gasteiger charge is -2.27. The van der Waals surface area contributed by atoms with E-state index < -0.39 is 29.7 Å². The van der Waals surface area contributed by atoms with Crippen molar-refractivity contribution in [2.75, 3.05) is 26.4 Å². The zero-order valence-electron chi connectivity index (χ0n) is 13.6. The molecule has 132 valence electrons. The monoisotopic (exact) mass is 338 g/mol. The Labute approximate surface area is 140 Å². The van der Waals surface area contributed by atoms with E-state index >= 15 is 0 Å². The highest BCUT2D eigenvalue weighted by atomic mass is 16.6. The Kier molecular flexibility index (Phi) is 6.54. The maximum absolute atomic E-state index is 12.2. The lowest BCUT2D eigenvalue weighted by Crippen LogP contribution is -2.35. The quantitative estimate of drug-likeness (QED) is 0.163. The van der Waals surface area contributed by atoms with E-state index in [0.29, 0.717) is 13.0 Å². The van der Waals surface area contributed by atoms with Gasteiger partial charge in [-0.15, -0.1) is 0 Å². The molecule has 0 spiro atoms. The molecule has 0 saturated carbocycles. The predicted molar refractivity (Wildman–Crippen MR) is 82.7 cm³/mol. The number of rotatable bonds is 8. The van der Waals surface area contributed by atoms with Crippen molar-refractivity contribution in [2.45, 2.75) is 19.4 Å². The van der Waals surface area contributed by atoms with Crippen LogP contribution in [0.3, 0.4) is 0 Å². The van der Waals surface area contributed by atoms with Crippen LogP contribution in [0.2, 0.25) is 0 Å². The minimum absolute atomic E-state index is 0.0181. The lowest BCUT2D eigenvalue weighted by molar-refractivity contribution is -0.161. The lowest BCUT2D eigenvalue weighted by atomic mass is 9.79. The molecule has 2 rings (SSSR count). The van der Waals surface area contributed by atoms with Gasteiger partial charge in [-0.1, -0.05) is 25.7 Å². The second-order valence-electron chi connectivity index (χ2n) is 5.85. The molecule has 1 heterocycles. The number of epoxide rings is 1. The van der Waals surface area contributed by atoms with Crippen LogP contribution >= 0.6 is 0 Å². The van der Waals surface area contributed by atoms with Gasteiger partial charge in [0.2, 0.25) is 0 Å². The summed E-state index contributed by atoms with van der Waals surface area (Å²) >= 11 is 0. The minimum Gasteiger partial charge on any atom is -0.463 e. The van der Waals surface area contributed by atoms with Crippen molar-refractivity contribution < 1.29 is 33.3 Å². The van der Waals surface area contributed by atoms with E-state index in [1.165, 1.54) is 0 Å². The van der Waals surface area contributed by atoms with Gasteiger partial charge in [-0.25, -0.2) is 4.79 Å². The van der Waals surface area contributed by atoms with E-state index in [9.17, 15) is 14.4 Å². The smallest absolute Gasteiger partial charge is 0.330 e. The fourth-order valence-electron chi connectivity index (χ4n) is 2.44. The molecule has 0 N–H and O–H groups in total. The first-order valence-corrected chi connectivity index (χ1v) is 7.93. The summed E-state index contributed by atoms with van der Waals surface area (Å²) in [4.78, 5) is 35.4. The van der Waals surface area contributed by atoms with Crippen LogP contribution < -0.4 is 0 Å². The summed E-state index contributed by atoms with van der Waals surface area (Å²) in [5.74, 6) is -2.62. The van der Waals surface area contributed by atoms with E-state index in [1.807, 2.05) is 13.0 Å². The molecule has 7 nitrogen and oxygen atoms in total. The number of carbonyl (C=O) groups is 3. The van der Waals surface area contributed by atoms with Crippen molar-refractivity contribution in [1.29, 1.82) is 0 Å². The third-order valence-electron chi connectivity index (χ3n) is 3.83. The molecule has 1 aliphatic heterocycles. The number of ether oxygens (including phenoxy) is 4. The molecule has 1 saturated heterocycles. The highest BCUT2D eigenvalue weighted by Crippen LogP contribution is 2.30. The summed E-state index contributed by atoms with van der Waals surface area (Å²) in [5, 5.41) is 0. The molecule has 2 aliphatic rings. The Hall–Kier alpha value is -2.15. The van der Waals surface area contributed by atoms with E-state index in [2.05, 4.69) is 6.58 Å². The van der Waals surface area contributed by atoms with Crippen LogP contribution in [-0.4, -0.2) is 50.4 Å². The fraction of sp³-hybridized carbons (Fsp3) is 0.588. The summed E-state index contributed by atoms with van der Waals surface area (Å²) < 4.78 is 20.1. The summed E-state index contributed by atoms with van der Waals surface area (Å²) in [6.45, 7) is 5.92. The van der Waals surface area contributed by atoms with Gasteiger partial charge in [-0.3, -0.25) is 9.59 Å². The highest BCUT2D eigenvalue weighted by molar-refractivity contribution is 5.84. The van der Waals surface area contributed by atoms with Crippen molar-refractivity contribution in [3.63, 3.8) is 0 Å². The molecule has 0 amide bonds. The van der Waals surface area contributed by atoms with Gasteiger partial charge in [0, 0.05) is 6.08 Å². The Bertz CT molecular complexity index is 521. The second kappa shape index (κ2) is 8.63. The van der Waals surface area contributed by atoms with Gasteiger partial charge in [-0.05, 0) is 12.3 Å². The molecule has 0 aromatic rings. The summed E-state index contributed by atoms with van der Waals surface area (Å²) in [6.07, 6.45) is 5.10. The van der Waals surface area contributed by atoms with Gasteiger partial charge in [-0.2, -0.15) is 0 Å². The Morgan fingerprint density at radius 2 is 1.88 bits per heavy atom. The maximum Gasteiger partial charge on any atom is 0.330 e. The standard InChI is InChI=1S/C17H22O7/c1-3-15(18)21-6-7-22-16(19)13-5-4-11(2)8-14(13)17(20)24-10-12-9-23-12/h3-5,11-14H,1,6-10H2,2H3. The molecule has 4 unspecified atom stereocenters. The van der Waals surface area contributed by atoms with Crippen molar-refractivity contribution in [3.8, 4) is 0 Å². The van der Waals surface area contributed by atoms with E-state index in [0.717, 1.165) is 6.08 Å². The SMILES string of the molecule is C=CC(=O)OCCOC(=O)C1C=CC(C)CC1C(=O)OCC1CO1. The van der Waals surface area contributed by atoms with E-state index in [4.69, 9.17) is 18.9 Å². The van der Waals surface area contributed by atoms with Gasteiger partial charge in [0.25, 0.3) is 0 Å². The van der Waals surface area contributed by atoms with Crippen LogP contribution in [0.25, 0.3) is 0 Å². The summed E-state index contributed by atoms with van der Waals surface area (Å²) in [7, 11) is 0. The normalized spacial score (nSPS) is 27.9. The molecule has 24 heavy (non-hydrogen) atoms. The minimum atomic E-state index is -0.691. The topological polar surface area (TPSA) is 91.4 Å². The predicted octanol–water partition coefficient (Wildman–Crippen LogP) is 1.03. The van der Waals surface area contributed by atoms with E-state index in [-0.39, 0.29) is 31.8 Å². The van der Waals surface area contributed by atoms with Crippen molar-refractivity contribution in [1.82, 2.24) is 0 Å². The fourth-order valence-corrected chi connectivity index (χ4v) is 2.44. The molecular weight excluding hydrogens is 316 g/mol. The average Bonchev–Trinajstić information content (AvgIpc) is 3.40. The Balaban J connectivity index is 1.84. The van der Waals surface area contributed by atoms with Crippen LogP contribution in [0.4, 0.5) is 0 Å². The molecule has 4 atom stereocenters. The van der Waals surface area contributed by atoms with Gasteiger partial charge in [0.1, 0.15) is 25.9 Å². The Morgan fingerprint density at radius 1 is 1.17 bits per heavy atom. The van der Waals surface area contributed by atoms with Crippen LogP contribution in [0, 0.1) is 17.8 Å². The third-order valence-corrected chi connectivity index (χ3v) is 3.83. The third kappa shape index (κ3) is 5.49. The van der Waals surface area contributed by atoms with Crippen molar-refractivity contribution in [3.05, 3.63) is 24.8 Å². The second-order valence-corrected chi connectivity index (χ2v) is 5.85. The molecule has 1 fully saturated rings. The van der Waals surface area contributed by atoms with Crippen LogP contribution in [0.5, 0.6) is 0 Å². The summed E-state index contributed by atoms with van der Waals surface area (Å²) in [5.41, 5.74) is 0. The molecule has 0 aromatic heterocycles. The molecular formula is C17H22O7. The first-order chi connectivity index (χ1) is 11.5. The first kappa shape index (κ1) is 18.2. The van der Waals surface area contributed by atoms with Crippen molar-refractivity contribution in [2.24, 2.45) is 17.8 Å². The number of carbonyl (C=O) groups excluding carboxylic acids is 3. The average molecular weight is 338 g/mol. The number of esters is 3. The number of hydrogen-bond donors (Lipinski definition) is 0. The molecule has 1 aliphatic carbocycles. The van der Waals surface area contributed by atoms with E-state index in [1.54, 1.807) is 6.08 Å². The maximum atomic E-state index is 12.2. The number of hydrogen-bond acceptors (Lipinski definition) is 7. The highest BCUT2D eigenvalue weighted by Gasteiger charge is 2.38. The molecule has 0 bridgehead atoms. The zero-order valence-corrected chi connectivity index (χ0v) is 13.6. The molecule has 7 heteroatoms. The number of allylic oxidation sites excluding steroid dienone is 1. The molecule has 0 aromatic carbocycles. The van der Waals surface area contributed by atoms with Gasteiger partial charge >= 0.3 is 17.9 Å². The van der Waals surface area contributed by atoms with Gasteiger partial charge < -0.3 is 18.9 Å². The van der Waals surface area contributed by atoms with Crippen LogP contribution in [0.1, 0.15) is 13.3 Å². The zero-order chi connectivity index (χ0) is 17.5. The van der Waals surface area contributed by atoms with Crippen LogP contribution in [-0.2, 0) is 33.3 Å². The van der Waals surface area contributed by atoms with Crippen LogP contribution in [0.15, 0.2) is 24.8 Å². The van der Waals surface area contributed by atoms with Gasteiger partial charge in [0.15, 0.2) is 0 Å². The van der Waals surface area contributed by atoms with Crippen molar-refractivity contribution >= 4 is 17.9 Å². The Morgan fingerprint density at radius 3 is 2.54 bits per heavy atom. The van der Waals surface area contributed by atoms with Gasteiger partial charge in [0.05, 0.1) is 18.4 Å². The largest absolute Gasteiger partial charge is 0.463 e. The summed E-state index contributed by atoms with van der Waals surface area (Å²) in [6, 6.07) is 0. The molecule has 0 radical (unpaired) electrons. The first-order valence-electron chi connectivity index (χ1n) is 7.93.